The Labute approximate surface area is 128 Å². The Balaban J connectivity index is 2.62. The van der Waals surface area contributed by atoms with Gasteiger partial charge in [-0.2, -0.15) is 0 Å². The van der Waals surface area contributed by atoms with Crippen molar-refractivity contribution in [1.82, 2.24) is 9.62 Å². The van der Waals surface area contributed by atoms with E-state index in [-0.39, 0.29) is 15.6 Å². The summed E-state index contributed by atoms with van der Waals surface area (Å²) in [6.45, 7) is 3.66. The highest BCUT2D eigenvalue weighted by atomic mass is 32.2. The second-order valence-corrected chi connectivity index (χ2v) is 7.62. The lowest BCUT2D eigenvalue weighted by atomic mass is 10.3. The summed E-state index contributed by atoms with van der Waals surface area (Å²) in [5.74, 6) is -1.11. The average molecular weight is 336 g/mol. The predicted molar refractivity (Wildman–Crippen MR) is 80.6 cm³/mol. The molecule has 0 atom stereocenters. The number of aromatic carboxylic acids is 1. The summed E-state index contributed by atoms with van der Waals surface area (Å²) >= 11 is 0.764. The van der Waals surface area contributed by atoms with Gasteiger partial charge in [0, 0.05) is 26.7 Å². The van der Waals surface area contributed by atoms with Gasteiger partial charge in [0.15, 0.2) is 0 Å². The van der Waals surface area contributed by atoms with Crippen LogP contribution < -0.4 is 4.72 Å². The quantitative estimate of drug-likeness (QED) is 0.686. The Morgan fingerprint density at radius 2 is 2.14 bits per heavy atom. The van der Waals surface area contributed by atoms with Crippen LogP contribution >= 0.6 is 11.3 Å². The third kappa shape index (κ3) is 5.36. The van der Waals surface area contributed by atoms with Gasteiger partial charge in [-0.25, -0.2) is 17.9 Å². The number of nitrogens with one attached hydrogen (secondary N) is 1. The fourth-order valence-corrected chi connectivity index (χ4v) is 4.04. The van der Waals surface area contributed by atoms with Crippen LogP contribution in [-0.2, 0) is 14.8 Å². The number of sulfonamides is 1. The van der Waals surface area contributed by atoms with Gasteiger partial charge in [-0.1, -0.05) is 0 Å². The van der Waals surface area contributed by atoms with Gasteiger partial charge < -0.3 is 14.7 Å². The first-order valence-corrected chi connectivity index (χ1v) is 8.58. The number of nitrogens with zero attached hydrogens (tertiary/aromatic N) is 1. The molecular formula is C12H20N2O5S2. The average Bonchev–Trinajstić information content (AvgIpc) is 2.79. The van der Waals surface area contributed by atoms with Gasteiger partial charge in [0.05, 0.1) is 6.61 Å². The van der Waals surface area contributed by atoms with Crippen molar-refractivity contribution in [3.05, 3.63) is 16.5 Å². The van der Waals surface area contributed by atoms with E-state index in [9.17, 15) is 13.2 Å². The molecule has 0 aliphatic rings. The largest absolute Gasteiger partial charge is 0.477 e. The van der Waals surface area contributed by atoms with E-state index in [0.29, 0.717) is 25.3 Å². The van der Waals surface area contributed by atoms with Gasteiger partial charge in [0.25, 0.3) is 0 Å². The number of thiophene rings is 1. The van der Waals surface area contributed by atoms with E-state index in [2.05, 4.69) is 4.72 Å². The highest BCUT2D eigenvalue weighted by Crippen LogP contribution is 2.25. The van der Waals surface area contributed by atoms with Crippen molar-refractivity contribution in [2.45, 2.75) is 11.1 Å². The third-order valence-electron chi connectivity index (χ3n) is 2.82. The van der Waals surface area contributed by atoms with E-state index in [1.54, 1.807) is 14.0 Å². The maximum atomic E-state index is 12.1. The first-order chi connectivity index (χ1) is 9.77. The summed E-state index contributed by atoms with van der Waals surface area (Å²) in [6, 6.07) is 1.38. The molecule has 0 aliphatic heterocycles. The Kier molecular flexibility index (Phi) is 6.75. The number of hydrogen-bond donors (Lipinski definition) is 2. The van der Waals surface area contributed by atoms with Gasteiger partial charge in [-0.15, -0.1) is 11.3 Å². The van der Waals surface area contributed by atoms with Crippen molar-refractivity contribution < 1.29 is 23.1 Å². The Morgan fingerprint density at radius 3 is 2.67 bits per heavy atom. The molecule has 1 heterocycles. The third-order valence-corrected chi connectivity index (χ3v) is 5.98. The molecule has 9 heteroatoms. The minimum atomic E-state index is -3.66. The molecule has 0 radical (unpaired) electrons. The first kappa shape index (κ1) is 18.1. The molecule has 120 valence electrons. The zero-order valence-electron chi connectivity index (χ0n) is 12.2. The number of carbonyl (C=O) groups is 1. The molecule has 0 aliphatic carbocycles. The van der Waals surface area contributed by atoms with E-state index in [4.69, 9.17) is 9.84 Å². The van der Waals surface area contributed by atoms with Gasteiger partial charge >= 0.3 is 5.97 Å². The van der Waals surface area contributed by atoms with Crippen LogP contribution in [0, 0.1) is 6.92 Å². The number of ether oxygens (including phenoxy) is 1. The van der Waals surface area contributed by atoms with Crippen LogP contribution in [0.25, 0.3) is 0 Å². The molecule has 1 rings (SSSR count). The van der Waals surface area contributed by atoms with Crippen molar-refractivity contribution in [1.29, 1.82) is 0 Å². The second kappa shape index (κ2) is 7.85. The molecule has 0 saturated heterocycles. The molecule has 1 aromatic heterocycles. The monoisotopic (exact) mass is 336 g/mol. The van der Waals surface area contributed by atoms with E-state index >= 15 is 0 Å². The maximum Gasteiger partial charge on any atom is 0.346 e. The van der Waals surface area contributed by atoms with Crippen LogP contribution in [0.1, 0.15) is 15.2 Å². The number of rotatable bonds is 9. The topological polar surface area (TPSA) is 95.9 Å². The van der Waals surface area contributed by atoms with Crippen molar-refractivity contribution in [2.24, 2.45) is 0 Å². The number of carboxylic acid groups (broad SMARTS) is 1. The number of carboxylic acids is 1. The minimum Gasteiger partial charge on any atom is -0.477 e. The Bertz CT molecular complexity index is 582. The van der Waals surface area contributed by atoms with Gasteiger partial charge in [0.1, 0.15) is 9.09 Å². The summed E-state index contributed by atoms with van der Waals surface area (Å²) in [5.41, 5.74) is 0.449. The summed E-state index contributed by atoms with van der Waals surface area (Å²) in [5, 5.41) is 8.95. The van der Waals surface area contributed by atoms with Crippen LogP contribution in [0.2, 0.25) is 0 Å². The Morgan fingerprint density at radius 1 is 1.48 bits per heavy atom. The van der Waals surface area contributed by atoms with Gasteiger partial charge in [0.2, 0.25) is 10.0 Å². The Hall–Kier alpha value is -1.00. The smallest absolute Gasteiger partial charge is 0.346 e. The fourth-order valence-electron chi connectivity index (χ4n) is 1.60. The molecule has 0 unspecified atom stereocenters. The van der Waals surface area contributed by atoms with Crippen molar-refractivity contribution in [3.8, 4) is 0 Å². The lowest BCUT2D eigenvalue weighted by Crippen LogP contribution is -2.34. The van der Waals surface area contributed by atoms with E-state index in [1.807, 2.05) is 11.9 Å². The predicted octanol–water partition coefficient (Wildman–Crippen LogP) is 0.611. The summed E-state index contributed by atoms with van der Waals surface area (Å²) in [4.78, 5) is 12.9. The number of aryl methyl sites for hydroxylation is 1. The van der Waals surface area contributed by atoms with Crippen LogP contribution in [-0.4, -0.2) is 64.8 Å². The SMILES string of the molecule is COCCN(C)CCNS(=O)(=O)c1cc(C)c(C(=O)O)s1. The molecular weight excluding hydrogens is 316 g/mol. The van der Waals surface area contributed by atoms with Crippen LogP contribution in [0.3, 0.4) is 0 Å². The maximum absolute atomic E-state index is 12.1. The number of methoxy groups -OCH3 is 1. The molecule has 2 N–H and O–H groups in total. The molecule has 0 spiro atoms. The zero-order chi connectivity index (χ0) is 16.0. The first-order valence-electron chi connectivity index (χ1n) is 6.29. The van der Waals surface area contributed by atoms with E-state index in [0.717, 1.165) is 11.3 Å². The number of hydrogen-bond acceptors (Lipinski definition) is 6. The van der Waals surface area contributed by atoms with E-state index < -0.39 is 16.0 Å². The van der Waals surface area contributed by atoms with Crippen molar-refractivity contribution in [3.63, 3.8) is 0 Å². The molecule has 0 saturated carbocycles. The summed E-state index contributed by atoms with van der Waals surface area (Å²) in [7, 11) is -0.191. The lowest BCUT2D eigenvalue weighted by molar-refractivity contribution is 0.0701. The van der Waals surface area contributed by atoms with Crippen LogP contribution in [0.4, 0.5) is 0 Å². The van der Waals surface area contributed by atoms with E-state index in [1.165, 1.54) is 6.07 Å². The summed E-state index contributed by atoms with van der Waals surface area (Å²) in [6.07, 6.45) is 0. The van der Waals surface area contributed by atoms with Crippen LogP contribution in [0.5, 0.6) is 0 Å². The molecule has 0 aromatic carbocycles. The highest BCUT2D eigenvalue weighted by Gasteiger charge is 2.21. The second-order valence-electron chi connectivity index (χ2n) is 4.58. The molecule has 0 fully saturated rings. The highest BCUT2D eigenvalue weighted by molar-refractivity contribution is 7.91. The van der Waals surface area contributed by atoms with Gasteiger partial charge in [-0.3, -0.25) is 0 Å². The standard InChI is InChI=1S/C12H20N2O5S2/c1-9-8-10(20-11(9)12(15)16)21(17,18)13-4-5-14(2)6-7-19-3/h8,13H,4-7H2,1-3H3,(H,15,16). The molecule has 7 nitrogen and oxygen atoms in total. The normalized spacial score (nSPS) is 12.0. The molecule has 1 aromatic rings. The number of likely N-dealkylation sites (N-methyl/N-ethyl adjacent to an activating group) is 1. The molecule has 21 heavy (non-hydrogen) atoms. The molecule has 0 amide bonds. The zero-order valence-corrected chi connectivity index (χ0v) is 13.9. The molecule has 0 bridgehead atoms. The minimum absolute atomic E-state index is 0.0249. The van der Waals surface area contributed by atoms with Crippen LogP contribution in [0.15, 0.2) is 10.3 Å². The van der Waals surface area contributed by atoms with Crippen molar-refractivity contribution >= 4 is 27.3 Å². The fraction of sp³-hybridized carbons (Fsp3) is 0.583. The van der Waals surface area contributed by atoms with Crippen molar-refractivity contribution in [2.75, 3.05) is 40.4 Å². The lowest BCUT2D eigenvalue weighted by Gasteiger charge is -2.15. The summed E-state index contributed by atoms with van der Waals surface area (Å²) < 4.78 is 31.6. The van der Waals surface area contributed by atoms with Gasteiger partial charge in [-0.05, 0) is 25.6 Å².